The van der Waals surface area contributed by atoms with Crippen LogP contribution in [-0.4, -0.2) is 6.29 Å². The summed E-state index contributed by atoms with van der Waals surface area (Å²) < 4.78 is 0. The van der Waals surface area contributed by atoms with E-state index in [1.54, 1.807) is 12.1 Å². The molecule has 0 heterocycles. The number of carbonyl (C=O) groups is 1. The van der Waals surface area contributed by atoms with E-state index in [4.69, 9.17) is 11.8 Å². The average molecular weight is 199 g/mol. The molecule has 0 amide bonds. The molecule has 0 spiro atoms. The van der Waals surface area contributed by atoms with Crippen LogP contribution in [0.1, 0.15) is 28.9 Å². The number of hydrogen-bond donors (Lipinski definition) is 2. The lowest BCUT2D eigenvalue weighted by molar-refractivity contribution is 0.112. The smallest absolute Gasteiger partial charge is 0.150 e. The summed E-state index contributed by atoms with van der Waals surface area (Å²) in [5, 5.41) is 0. The Morgan fingerprint density at radius 1 is 1.38 bits per heavy atom. The summed E-state index contributed by atoms with van der Waals surface area (Å²) in [7, 11) is 0. The van der Waals surface area contributed by atoms with Gasteiger partial charge < -0.3 is 0 Å². The van der Waals surface area contributed by atoms with Gasteiger partial charge in [-0.25, -0.2) is 5.43 Å². The van der Waals surface area contributed by atoms with Crippen LogP contribution in [0.4, 0.5) is 0 Å². The van der Waals surface area contributed by atoms with Gasteiger partial charge in [-0.15, -0.1) is 0 Å². The van der Waals surface area contributed by atoms with Crippen LogP contribution in [0.5, 0.6) is 0 Å². The van der Waals surface area contributed by atoms with Crippen LogP contribution in [0.2, 0.25) is 0 Å². The molecule has 0 saturated carbocycles. The van der Waals surface area contributed by atoms with Crippen molar-refractivity contribution in [3.8, 4) is 0 Å². The van der Waals surface area contributed by atoms with Gasteiger partial charge in [0.25, 0.3) is 0 Å². The van der Waals surface area contributed by atoms with E-state index in [1.807, 2.05) is 19.1 Å². The van der Waals surface area contributed by atoms with Gasteiger partial charge in [0.2, 0.25) is 0 Å². The highest BCUT2D eigenvalue weighted by atomic mass is 35.5. The lowest BCUT2D eigenvalue weighted by Crippen LogP contribution is -2.26. The molecule has 0 aliphatic rings. The van der Waals surface area contributed by atoms with Crippen molar-refractivity contribution < 1.29 is 4.79 Å². The van der Waals surface area contributed by atoms with E-state index in [2.05, 4.69) is 10.4 Å². The number of nitrogens with one attached hydrogen (secondary N) is 2. The van der Waals surface area contributed by atoms with E-state index in [-0.39, 0.29) is 6.04 Å². The summed E-state index contributed by atoms with van der Waals surface area (Å²) in [5.74, 6) is 0. The molecule has 3 nitrogen and oxygen atoms in total. The van der Waals surface area contributed by atoms with Gasteiger partial charge in [0, 0.05) is 11.6 Å². The number of halogens is 1. The molecule has 2 N–H and O–H groups in total. The van der Waals surface area contributed by atoms with Crippen molar-refractivity contribution in [3.05, 3.63) is 35.4 Å². The monoisotopic (exact) mass is 198 g/mol. The Balaban J connectivity index is 2.73. The first kappa shape index (κ1) is 10.2. The standard InChI is InChI=1S/C9H11ClN2O/c1-7(11-12-10)9-4-2-8(6-13)3-5-9/h2-7,11-12H,1H3. The third kappa shape index (κ3) is 2.81. The predicted octanol–water partition coefficient (Wildman–Crippen LogP) is 1.81. The highest BCUT2D eigenvalue weighted by molar-refractivity contribution is 6.13. The first-order valence-corrected chi connectivity index (χ1v) is 4.32. The van der Waals surface area contributed by atoms with Crippen molar-refractivity contribution in [2.24, 2.45) is 0 Å². The van der Waals surface area contributed by atoms with Crippen molar-refractivity contribution >= 4 is 18.1 Å². The molecular weight excluding hydrogens is 188 g/mol. The molecule has 0 saturated heterocycles. The molecular formula is C9H11ClN2O. The first-order valence-electron chi connectivity index (χ1n) is 3.94. The molecule has 0 aliphatic carbocycles. The summed E-state index contributed by atoms with van der Waals surface area (Å²) >= 11 is 5.29. The topological polar surface area (TPSA) is 41.1 Å². The van der Waals surface area contributed by atoms with Crippen molar-refractivity contribution in [1.29, 1.82) is 0 Å². The second-order valence-electron chi connectivity index (χ2n) is 2.75. The maximum absolute atomic E-state index is 10.4. The van der Waals surface area contributed by atoms with Crippen LogP contribution in [0.25, 0.3) is 0 Å². The lowest BCUT2D eigenvalue weighted by Gasteiger charge is -2.11. The second-order valence-corrected chi connectivity index (χ2v) is 2.93. The van der Waals surface area contributed by atoms with Crippen LogP contribution in [0.15, 0.2) is 24.3 Å². The third-order valence-corrected chi connectivity index (χ3v) is 1.95. The molecule has 1 unspecified atom stereocenters. The van der Waals surface area contributed by atoms with Gasteiger partial charge in [0.05, 0.1) is 0 Å². The van der Waals surface area contributed by atoms with Crippen LogP contribution in [0.3, 0.4) is 0 Å². The van der Waals surface area contributed by atoms with E-state index in [0.29, 0.717) is 5.56 Å². The molecule has 1 rings (SSSR count). The Kier molecular flexibility index (Phi) is 3.89. The number of hydrogen-bond acceptors (Lipinski definition) is 3. The number of carbonyl (C=O) groups excluding carboxylic acids is 1. The fraction of sp³-hybridized carbons (Fsp3) is 0.222. The molecule has 0 aromatic heterocycles. The van der Waals surface area contributed by atoms with E-state index < -0.39 is 0 Å². The van der Waals surface area contributed by atoms with Crippen molar-refractivity contribution in [3.63, 3.8) is 0 Å². The minimum atomic E-state index is 0.109. The number of hydrazine groups is 1. The number of aldehydes is 1. The van der Waals surface area contributed by atoms with Crippen LogP contribution < -0.4 is 10.4 Å². The zero-order valence-electron chi connectivity index (χ0n) is 7.25. The van der Waals surface area contributed by atoms with Crippen LogP contribution in [0, 0.1) is 0 Å². The first-order chi connectivity index (χ1) is 6.27. The van der Waals surface area contributed by atoms with Gasteiger partial charge >= 0.3 is 0 Å². The van der Waals surface area contributed by atoms with E-state index >= 15 is 0 Å². The van der Waals surface area contributed by atoms with E-state index in [9.17, 15) is 4.79 Å². The molecule has 0 fully saturated rings. The van der Waals surface area contributed by atoms with Crippen molar-refractivity contribution in [2.75, 3.05) is 0 Å². The Bertz CT molecular complexity index is 273. The van der Waals surface area contributed by atoms with Gasteiger partial charge in [-0.2, -0.15) is 4.94 Å². The summed E-state index contributed by atoms with van der Waals surface area (Å²) in [6.07, 6.45) is 0.821. The minimum absolute atomic E-state index is 0.109. The maximum Gasteiger partial charge on any atom is 0.150 e. The minimum Gasteiger partial charge on any atom is -0.298 e. The highest BCUT2D eigenvalue weighted by Gasteiger charge is 2.02. The quantitative estimate of drug-likeness (QED) is 0.441. The van der Waals surface area contributed by atoms with Crippen LogP contribution in [-0.2, 0) is 0 Å². The normalized spacial score (nSPS) is 12.5. The lowest BCUT2D eigenvalue weighted by atomic mass is 10.1. The molecule has 1 atom stereocenters. The molecule has 13 heavy (non-hydrogen) atoms. The molecule has 4 heteroatoms. The zero-order valence-corrected chi connectivity index (χ0v) is 8.01. The van der Waals surface area contributed by atoms with Gasteiger partial charge in [0.15, 0.2) is 0 Å². The fourth-order valence-corrected chi connectivity index (χ4v) is 1.19. The van der Waals surface area contributed by atoms with Gasteiger partial charge in [-0.1, -0.05) is 24.3 Å². The Morgan fingerprint density at radius 3 is 2.46 bits per heavy atom. The summed E-state index contributed by atoms with van der Waals surface area (Å²) in [5.41, 5.74) is 4.57. The summed E-state index contributed by atoms with van der Waals surface area (Å²) in [4.78, 5) is 12.7. The largest absolute Gasteiger partial charge is 0.298 e. The Labute approximate surface area is 82.2 Å². The predicted molar refractivity (Wildman–Crippen MR) is 52.4 cm³/mol. The Morgan fingerprint density at radius 2 is 2.00 bits per heavy atom. The van der Waals surface area contributed by atoms with Gasteiger partial charge in [-0.3, -0.25) is 4.79 Å². The molecule has 70 valence electrons. The Hall–Kier alpha value is -0.900. The second kappa shape index (κ2) is 4.97. The maximum atomic E-state index is 10.4. The van der Waals surface area contributed by atoms with Crippen molar-refractivity contribution in [2.45, 2.75) is 13.0 Å². The fourth-order valence-electron chi connectivity index (χ4n) is 1.03. The average Bonchev–Trinajstić information content (AvgIpc) is 2.18. The molecule has 1 aromatic carbocycles. The third-order valence-electron chi connectivity index (χ3n) is 1.84. The molecule has 0 radical (unpaired) electrons. The van der Waals surface area contributed by atoms with Gasteiger partial charge in [0.1, 0.15) is 6.29 Å². The molecule has 1 aromatic rings. The molecule has 0 bridgehead atoms. The molecule has 0 aliphatic heterocycles. The SMILES string of the molecule is CC(NNCl)c1ccc(C=O)cc1. The summed E-state index contributed by atoms with van der Waals surface area (Å²) in [6.45, 7) is 1.96. The number of benzene rings is 1. The van der Waals surface area contributed by atoms with Crippen molar-refractivity contribution in [1.82, 2.24) is 10.4 Å². The van der Waals surface area contributed by atoms with E-state index in [0.717, 1.165) is 11.8 Å². The van der Waals surface area contributed by atoms with E-state index in [1.165, 1.54) is 0 Å². The van der Waals surface area contributed by atoms with Crippen LogP contribution >= 0.6 is 11.8 Å². The highest BCUT2D eigenvalue weighted by Crippen LogP contribution is 2.11. The van der Waals surface area contributed by atoms with Gasteiger partial charge in [-0.05, 0) is 24.3 Å². The number of rotatable bonds is 4. The zero-order chi connectivity index (χ0) is 9.68. The summed E-state index contributed by atoms with van der Waals surface area (Å²) in [6, 6.07) is 7.42.